The van der Waals surface area contributed by atoms with Crippen LogP contribution < -0.4 is 20.1 Å². The van der Waals surface area contributed by atoms with E-state index < -0.39 is 6.03 Å². The zero-order valence-corrected chi connectivity index (χ0v) is 26.5. The van der Waals surface area contributed by atoms with E-state index in [0.717, 1.165) is 28.2 Å². The summed E-state index contributed by atoms with van der Waals surface area (Å²) in [5.41, 5.74) is 4.48. The van der Waals surface area contributed by atoms with Crippen molar-refractivity contribution in [2.75, 3.05) is 37.9 Å². The summed E-state index contributed by atoms with van der Waals surface area (Å²) in [4.78, 5) is 18.9. The smallest absolute Gasteiger partial charge is 0.323 e. The molecule has 0 aliphatic rings. The van der Waals surface area contributed by atoms with Crippen LogP contribution in [0, 0.1) is 6.92 Å². The third-order valence-corrected chi connectivity index (χ3v) is 6.79. The fraction of sp³-hybridized carbons (Fsp3) is 0.219. The Morgan fingerprint density at radius 2 is 1.22 bits per heavy atom. The number of hydrogen-bond acceptors (Lipinski definition) is 11. The molecule has 2 N–H and O–H groups in total. The minimum absolute atomic E-state index is 0.409. The maximum atomic E-state index is 12.9. The summed E-state index contributed by atoms with van der Waals surface area (Å²) in [5, 5.41) is 24.4. The molecule has 12 nitrogen and oxygen atoms in total. The summed E-state index contributed by atoms with van der Waals surface area (Å²) in [6.45, 7) is 7.36. The molecular weight excluding hydrogens is 594 g/mol. The van der Waals surface area contributed by atoms with E-state index in [0.29, 0.717) is 53.0 Å². The van der Waals surface area contributed by atoms with Crippen molar-refractivity contribution >= 4 is 52.2 Å². The molecule has 4 aromatic rings. The number of hydroxylamine groups is 2. The van der Waals surface area contributed by atoms with Crippen molar-refractivity contribution in [3.8, 4) is 11.5 Å². The number of anilines is 2. The predicted molar refractivity (Wildman–Crippen MR) is 176 cm³/mol. The van der Waals surface area contributed by atoms with Gasteiger partial charge < -0.3 is 20.1 Å². The van der Waals surface area contributed by atoms with Gasteiger partial charge in [-0.1, -0.05) is 18.2 Å². The third-order valence-electron chi connectivity index (χ3n) is 6.22. The van der Waals surface area contributed by atoms with Crippen LogP contribution in [-0.4, -0.2) is 38.4 Å². The predicted octanol–water partition coefficient (Wildman–Crippen LogP) is 9.70. The lowest BCUT2D eigenvalue weighted by atomic mass is 10.2. The van der Waals surface area contributed by atoms with Crippen LogP contribution in [0.1, 0.15) is 19.4 Å². The molecule has 0 heterocycles. The highest BCUT2D eigenvalue weighted by atomic mass is 32.2. The van der Waals surface area contributed by atoms with E-state index in [-0.39, 0.29) is 0 Å². The van der Waals surface area contributed by atoms with E-state index in [9.17, 15) is 4.79 Å². The highest BCUT2D eigenvalue weighted by molar-refractivity contribution is 7.94. The molecule has 0 saturated carbocycles. The van der Waals surface area contributed by atoms with Crippen LogP contribution in [0.3, 0.4) is 0 Å². The molecule has 0 saturated heterocycles. The molecule has 4 aromatic carbocycles. The van der Waals surface area contributed by atoms with E-state index >= 15 is 0 Å². The Morgan fingerprint density at radius 3 is 1.73 bits per heavy atom. The topological polar surface area (TPSA) is 131 Å². The summed E-state index contributed by atoms with van der Waals surface area (Å²) in [5.74, 6) is 0.839. The summed E-state index contributed by atoms with van der Waals surface area (Å²) in [7, 11) is 3.02. The van der Waals surface area contributed by atoms with Crippen molar-refractivity contribution in [1.29, 1.82) is 0 Å². The molecule has 234 valence electrons. The van der Waals surface area contributed by atoms with Gasteiger partial charge in [-0.15, -0.1) is 9.32 Å². The number of carbonyl (C=O) groups is 1. The van der Waals surface area contributed by atoms with Gasteiger partial charge in [-0.3, -0.25) is 0 Å². The number of hydrogen-bond donors (Lipinski definition) is 2. The molecule has 0 aromatic heterocycles. The van der Waals surface area contributed by atoms with Crippen molar-refractivity contribution in [3.63, 3.8) is 0 Å². The molecule has 0 unspecified atom stereocenters. The number of aryl methyl sites for hydroxylation is 1. The molecule has 0 aliphatic carbocycles. The number of ether oxygens (including phenoxy) is 2. The normalized spacial score (nSPS) is 11.3. The Hall–Kier alpha value is -4.82. The standard InChI is InChI=1S/C32H35N7O5S/c1-6-39(7-2)43-44-45-27-13-9-12-24(19-27)36-38-26-15-17-29(31(21-26)42-5)34-32(40)33-28-16-14-25(20-30(28)41-4)37-35-23-11-8-10-22(3)18-23/h8-21H,6-7H2,1-5H3,(H2,33,34,40). The molecule has 0 spiro atoms. The Bertz CT molecular complexity index is 1650. The molecule has 0 atom stereocenters. The van der Waals surface area contributed by atoms with Gasteiger partial charge in [-0.05, 0) is 80.9 Å². The van der Waals surface area contributed by atoms with E-state index in [4.69, 9.17) is 18.8 Å². The maximum absolute atomic E-state index is 12.9. The van der Waals surface area contributed by atoms with Gasteiger partial charge in [0.05, 0.1) is 60.4 Å². The Kier molecular flexibility index (Phi) is 12.4. The van der Waals surface area contributed by atoms with Gasteiger partial charge in [0.1, 0.15) is 11.5 Å². The molecule has 0 radical (unpaired) electrons. The molecule has 0 bridgehead atoms. The average molecular weight is 630 g/mol. The van der Waals surface area contributed by atoms with Gasteiger partial charge in [0.2, 0.25) is 0 Å². The molecule has 45 heavy (non-hydrogen) atoms. The van der Waals surface area contributed by atoms with Gasteiger partial charge in [-0.25, -0.2) is 4.79 Å². The number of carbonyl (C=O) groups excluding carboxylic acids is 1. The SMILES string of the molecule is CCN(CC)OOSc1cccc(N=Nc2ccc(NC(=O)Nc3ccc(N=Nc4cccc(C)c4)cc3OC)c(OC)c2)c1. The lowest BCUT2D eigenvalue weighted by Crippen LogP contribution is -2.22. The van der Waals surface area contributed by atoms with Crippen molar-refractivity contribution < 1.29 is 23.6 Å². The number of azo groups is 2. The van der Waals surface area contributed by atoms with Crippen LogP contribution in [0.4, 0.5) is 38.9 Å². The second-order valence-electron chi connectivity index (χ2n) is 9.42. The quantitative estimate of drug-likeness (QED) is 0.0614. The number of nitrogens with one attached hydrogen (secondary N) is 2. The first-order chi connectivity index (χ1) is 21.9. The van der Waals surface area contributed by atoms with Crippen molar-refractivity contribution in [2.24, 2.45) is 20.5 Å². The number of urea groups is 1. The highest BCUT2D eigenvalue weighted by Gasteiger charge is 2.12. The number of nitrogens with zero attached hydrogens (tertiary/aromatic N) is 5. The first-order valence-electron chi connectivity index (χ1n) is 14.1. The van der Waals surface area contributed by atoms with Gasteiger partial charge in [0.15, 0.2) is 0 Å². The zero-order valence-electron chi connectivity index (χ0n) is 25.7. The second kappa shape index (κ2) is 16.9. The van der Waals surface area contributed by atoms with Crippen LogP contribution in [0.2, 0.25) is 0 Å². The van der Waals surface area contributed by atoms with Gasteiger partial charge in [0.25, 0.3) is 0 Å². The van der Waals surface area contributed by atoms with Crippen LogP contribution in [0.25, 0.3) is 0 Å². The van der Waals surface area contributed by atoms with Gasteiger partial charge in [0, 0.05) is 30.1 Å². The van der Waals surface area contributed by atoms with Gasteiger partial charge in [-0.2, -0.15) is 25.5 Å². The van der Waals surface area contributed by atoms with Gasteiger partial charge >= 0.3 is 6.03 Å². The van der Waals surface area contributed by atoms with E-state index in [1.165, 1.54) is 14.2 Å². The van der Waals surface area contributed by atoms with Crippen LogP contribution in [0.5, 0.6) is 11.5 Å². The Morgan fingerprint density at radius 1 is 0.711 bits per heavy atom. The minimum atomic E-state index is -0.489. The minimum Gasteiger partial charge on any atom is -0.494 e. The van der Waals surface area contributed by atoms with E-state index in [1.54, 1.807) is 41.5 Å². The lowest BCUT2D eigenvalue weighted by Gasteiger charge is -2.14. The Balaban J connectivity index is 1.37. The first kappa shape index (κ1) is 33.1. The van der Waals surface area contributed by atoms with Crippen molar-refractivity contribution in [3.05, 3.63) is 90.5 Å². The van der Waals surface area contributed by atoms with Crippen LogP contribution in [0.15, 0.2) is 110 Å². The fourth-order valence-electron chi connectivity index (χ4n) is 3.91. The molecular formula is C32H35N7O5S. The molecule has 13 heteroatoms. The monoisotopic (exact) mass is 629 g/mol. The zero-order chi connectivity index (χ0) is 32.0. The fourth-order valence-corrected chi connectivity index (χ4v) is 4.41. The summed E-state index contributed by atoms with van der Waals surface area (Å²) >= 11 is 1.09. The third kappa shape index (κ3) is 10.1. The first-order valence-corrected chi connectivity index (χ1v) is 14.9. The number of amides is 2. The number of rotatable bonds is 14. The van der Waals surface area contributed by atoms with Crippen molar-refractivity contribution in [1.82, 2.24) is 5.06 Å². The number of methoxy groups -OCH3 is 2. The molecule has 0 fully saturated rings. The number of benzene rings is 4. The molecule has 4 rings (SSSR count). The lowest BCUT2D eigenvalue weighted by molar-refractivity contribution is -0.357. The average Bonchev–Trinajstić information content (AvgIpc) is 3.06. The second-order valence-corrected chi connectivity index (χ2v) is 10.2. The summed E-state index contributed by atoms with van der Waals surface area (Å²) in [6, 6.07) is 24.8. The maximum Gasteiger partial charge on any atom is 0.323 e. The van der Waals surface area contributed by atoms with Crippen LogP contribution >= 0.6 is 12.0 Å². The summed E-state index contributed by atoms with van der Waals surface area (Å²) in [6.07, 6.45) is 0. The van der Waals surface area contributed by atoms with E-state index in [2.05, 4.69) is 31.1 Å². The summed E-state index contributed by atoms with van der Waals surface area (Å²) < 4.78 is 16.2. The Labute approximate surface area is 266 Å². The van der Waals surface area contributed by atoms with E-state index in [1.807, 2.05) is 69.3 Å². The van der Waals surface area contributed by atoms with Crippen molar-refractivity contribution in [2.45, 2.75) is 25.7 Å². The molecule has 2 amide bonds. The highest BCUT2D eigenvalue weighted by Crippen LogP contribution is 2.33. The van der Waals surface area contributed by atoms with Crippen LogP contribution in [-0.2, 0) is 9.32 Å². The molecule has 0 aliphatic heterocycles. The largest absolute Gasteiger partial charge is 0.494 e.